The van der Waals surface area contributed by atoms with Crippen LogP contribution < -0.4 is 0 Å². The van der Waals surface area contributed by atoms with E-state index in [9.17, 15) is 18.3 Å². The van der Waals surface area contributed by atoms with Crippen molar-refractivity contribution in [2.45, 2.75) is 18.4 Å². The lowest BCUT2D eigenvalue weighted by atomic mass is 9.91. The predicted molar refractivity (Wildman–Crippen MR) is 56.2 cm³/mol. The molecule has 1 aliphatic rings. The van der Waals surface area contributed by atoms with Gasteiger partial charge in [0.15, 0.2) is 0 Å². The number of aliphatic hydroxyl groups excluding tert-OH is 1. The zero-order chi connectivity index (χ0) is 12.6. The van der Waals surface area contributed by atoms with E-state index in [0.29, 0.717) is 11.1 Å². The number of ether oxygens (including phenoxy) is 1. The predicted octanol–water partition coefficient (Wildman–Crippen LogP) is 2.78. The van der Waals surface area contributed by atoms with Crippen molar-refractivity contribution in [1.29, 1.82) is 0 Å². The molecule has 1 aromatic rings. The summed E-state index contributed by atoms with van der Waals surface area (Å²) >= 11 is 0. The molecule has 0 aromatic heterocycles. The van der Waals surface area contributed by atoms with Crippen LogP contribution in [0.3, 0.4) is 0 Å². The van der Waals surface area contributed by atoms with Gasteiger partial charge >= 0.3 is 6.18 Å². The lowest BCUT2D eigenvalue weighted by molar-refractivity contribution is -0.137. The van der Waals surface area contributed by atoms with Crippen LogP contribution in [0.25, 0.3) is 6.08 Å². The van der Waals surface area contributed by atoms with E-state index >= 15 is 0 Å². The highest BCUT2D eigenvalue weighted by Gasteiger charge is 2.32. The van der Waals surface area contributed by atoms with E-state index in [1.807, 2.05) is 0 Å². The van der Waals surface area contributed by atoms with E-state index in [1.165, 1.54) is 19.3 Å². The smallest absolute Gasteiger partial charge is 0.385 e. The molecule has 0 radical (unpaired) electrons. The number of methoxy groups -OCH3 is 1. The largest absolute Gasteiger partial charge is 0.416 e. The molecular weight excluding hydrogens is 233 g/mol. The van der Waals surface area contributed by atoms with Crippen molar-refractivity contribution >= 4 is 6.08 Å². The van der Waals surface area contributed by atoms with Crippen LogP contribution in [-0.2, 0) is 10.9 Å². The fourth-order valence-electron chi connectivity index (χ4n) is 1.85. The standard InChI is InChI=1S/C12H11F3O2/c1-17-10-5-2-7-6-8(12(13,14)15)3-4-9(7)11(10)16/h2-6,10-11,16H,1H3/t10-,11-/m1/s1. The van der Waals surface area contributed by atoms with Crippen molar-refractivity contribution in [2.75, 3.05) is 7.11 Å². The van der Waals surface area contributed by atoms with E-state index < -0.39 is 23.9 Å². The topological polar surface area (TPSA) is 29.5 Å². The Kier molecular flexibility index (Phi) is 2.97. The Morgan fingerprint density at radius 3 is 2.59 bits per heavy atom. The van der Waals surface area contributed by atoms with Crippen LogP contribution in [0.2, 0.25) is 0 Å². The second kappa shape index (κ2) is 4.16. The molecule has 2 atom stereocenters. The van der Waals surface area contributed by atoms with Gasteiger partial charge in [-0.3, -0.25) is 0 Å². The molecule has 0 aliphatic heterocycles. The van der Waals surface area contributed by atoms with Crippen molar-refractivity contribution in [1.82, 2.24) is 0 Å². The third kappa shape index (κ3) is 2.21. The summed E-state index contributed by atoms with van der Waals surface area (Å²) in [6, 6.07) is 3.28. The first-order valence-electron chi connectivity index (χ1n) is 5.03. The average molecular weight is 244 g/mol. The zero-order valence-electron chi connectivity index (χ0n) is 9.03. The van der Waals surface area contributed by atoms with Gasteiger partial charge in [0.05, 0.1) is 5.56 Å². The highest BCUT2D eigenvalue weighted by molar-refractivity contribution is 5.59. The van der Waals surface area contributed by atoms with Gasteiger partial charge in [-0.15, -0.1) is 0 Å². The fourth-order valence-corrected chi connectivity index (χ4v) is 1.85. The van der Waals surface area contributed by atoms with Crippen molar-refractivity contribution in [2.24, 2.45) is 0 Å². The lowest BCUT2D eigenvalue weighted by Crippen LogP contribution is -2.22. The molecule has 0 amide bonds. The molecule has 0 spiro atoms. The first-order chi connectivity index (χ1) is 7.93. The molecule has 0 unspecified atom stereocenters. The maximum Gasteiger partial charge on any atom is 0.416 e. The van der Waals surface area contributed by atoms with Crippen LogP contribution >= 0.6 is 0 Å². The first-order valence-corrected chi connectivity index (χ1v) is 5.03. The van der Waals surface area contributed by atoms with Gasteiger partial charge in [-0.1, -0.05) is 18.2 Å². The normalized spacial score (nSPS) is 23.6. The number of fused-ring (bicyclic) bond motifs is 1. The maximum absolute atomic E-state index is 12.5. The Hall–Kier alpha value is -1.33. The monoisotopic (exact) mass is 244 g/mol. The molecule has 2 rings (SSSR count). The summed E-state index contributed by atoms with van der Waals surface area (Å²) in [7, 11) is 1.44. The molecule has 1 aromatic carbocycles. The molecule has 1 aliphatic carbocycles. The van der Waals surface area contributed by atoms with Crippen molar-refractivity contribution in [3.63, 3.8) is 0 Å². The van der Waals surface area contributed by atoms with E-state index in [2.05, 4.69) is 0 Å². The molecular formula is C12H11F3O2. The zero-order valence-corrected chi connectivity index (χ0v) is 9.03. The number of rotatable bonds is 1. The summed E-state index contributed by atoms with van der Waals surface area (Å²) < 4.78 is 42.5. The number of hydrogen-bond acceptors (Lipinski definition) is 2. The van der Waals surface area contributed by atoms with Crippen molar-refractivity contribution in [3.8, 4) is 0 Å². The second-order valence-corrected chi connectivity index (χ2v) is 3.85. The van der Waals surface area contributed by atoms with Crippen LogP contribution in [0.1, 0.15) is 22.8 Å². The molecule has 2 nitrogen and oxygen atoms in total. The Bertz CT molecular complexity index is 452. The summed E-state index contributed by atoms with van der Waals surface area (Å²) in [5, 5.41) is 9.86. The minimum Gasteiger partial charge on any atom is -0.385 e. The molecule has 17 heavy (non-hydrogen) atoms. The molecule has 5 heteroatoms. The van der Waals surface area contributed by atoms with Crippen LogP contribution in [0.15, 0.2) is 24.3 Å². The van der Waals surface area contributed by atoms with Gasteiger partial charge in [0.2, 0.25) is 0 Å². The van der Waals surface area contributed by atoms with Crippen molar-refractivity contribution in [3.05, 3.63) is 41.0 Å². The third-order valence-corrected chi connectivity index (χ3v) is 2.78. The minimum absolute atomic E-state index is 0.376. The molecule has 0 fully saturated rings. The van der Waals surface area contributed by atoms with E-state index in [4.69, 9.17) is 4.74 Å². The third-order valence-electron chi connectivity index (χ3n) is 2.78. The summed E-state index contributed by atoms with van der Waals surface area (Å²) in [6.07, 6.45) is -2.73. The van der Waals surface area contributed by atoms with E-state index in [1.54, 1.807) is 6.08 Å². The quantitative estimate of drug-likeness (QED) is 0.823. The first kappa shape index (κ1) is 12.1. The molecule has 92 valence electrons. The number of aliphatic hydroxyl groups is 1. The van der Waals surface area contributed by atoms with Crippen LogP contribution in [0, 0.1) is 0 Å². The summed E-state index contributed by atoms with van der Waals surface area (Å²) in [5.74, 6) is 0. The van der Waals surface area contributed by atoms with E-state index in [0.717, 1.165) is 12.1 Å². The van der Waals surface area contributed by atoms with Gasteiger partial charge in [0.25, 0.3) is 0 Å². The molecule has 1 N–H and O–H groups in total. The maximum atomic E-state index is 12.5. The molecule has 0 heterocycles. The van der Waals surface area contributed by atoms with E-state index in [-0.39, 0.29) is 0 Å². The number of halogens is 3. The highest BCUT2D eigenvalue weighted by Crippen LogP contribution is 2.35. The summed E-state index contributed by atoms with van der Waals surface area (Å²) in [5.41, 5.74) is 0.108. The van der Waals surface area contributed by atoms with Crippen LogP contribution in [0.4, 0.5) is 13.2 Å². The number of hydrogen-bond donors (Lipinski definition) is 1. The fraction of sp³-hybridized carbons (Fsp3) is 0.333. The molecule has 0 saturated carbocycles. The van der Waals surface area contributed by atoms with Gasteiger partial charge in [0, 0.05) is 7.11 Å². The number of alkyl halides is 3. The van der Waals surface area contributed by atoms with Crippen LogP contribution in [0.5, 0.6) is 0 Å². The van der Waals surface area contributed by atoms with Crippen molar-refractivity contribution < 1.29 is 23.0 Å². The minimum atomic E-state index is -4.37. The summed E-state index contributed by atoms with van der Waals surface area (Å²) in [6.45, 7) is 0. The Morgan fingerprint density at radius 1 is 1.29 bits per heavy atom. The van der Waals surface area contributed by atoms with Crippen LogP contribution in [-0.4, -0.2) is 18.3 Å². The van der Waals surface area contributed by atoms with Gasteiger partial charge in [-0.2, -0.15) is 13.2 Å². The average Bonchev–Trinajstić information content (AvgIpc) is 2.28. The second-order valence-electron chi connectivity index (χ2n) is 3.85. The Labute approximate surface area is 96.3 Å². The Morgan fingerprint density at radius 2 is 2.00 bits per heavy atom. The van der Waals surface area contributed by atoms with Gasteiger partial charge in [-0.05, 0) is 23.3 Å². The van der Waals surface area contributed by atoms with Gasteiger partial charge < -0.3 is 9.84 Å². The Balaban J connectivity index is 2.43. The molecule has 0 saturated heterocycles. The highest BCUT2D eigenvalue weighted by atomic mass is 19.4. The number of benzene rings is 1. The summed E-state index contributed by atoms with van der Waals surface area (Å²) in [4.78, 5) is 0. The van der Waals surface area contributed by atoms with Gasteiger partial charge in [-0.25, -0.2) is 0 Å². The molecule has 0 bridgehead atoms. The lowest BCUT2D eigenvalue weighted by Gasteiger charge is -2.25. The van der Waals surface area contributed by atoms with Gasteiger partial charge in [0.1, 0.15) is 12.2 Å². The SMILES string of the molecule is CO[C@@H]1C=Cc2cc(C(F)(F)F)ccc2[C@H]1O.